The van der Waals surface area contributed by atoms with Gasteiger partial charge in [-0.05, 0) is 36.4 Å². The van der Waals surface area contributed by atoms with Crippen molar-refractivity contribution in [2.24, 2.45) is 0 Å². The van der Waals surface area contributed by atoms with Crippen LogP contribution in [-0.4, -0.2) is 39.9 Å². The zero-order valence-corrected chi connectivity index (χ0v) is 16.8. The van der Waals surface area contributed by atoms with E-state index in [4.69, 9.17) is 21.1 Å². The molecule has 2 aromatic carbocycles. The molecular formula is C20H17ClN6O3. The third-order valence-electron chi connectivity index (χ3n) is 4.36. The van der Waals surface area contributed by atoms with Crippen LogP contribution in [0.25, 0.3) is 16.7 Å². The van der Waals surface area contributed by atoms with E-state index in [9.17, 15) is 4.79 Å². The van der Waals surface area contributed by atoms with E-state index in [0.717, 1.165) is 5.69 Å². The van der Waals surface area contributed by atoms with Crippen LogP contribution in [-0.2, 0) is 0 Å². The summed E-state index contributed by atoms with van der Waals surface area (Å²) in [7, 11) is 3.04. The van der Waals surface area contributed by atoms with Gasteiger partial charge in [0.2, 0.25) is 0 Å². The Kier molecular flexibility index (Phi) is 5.36. The highest BCUT2D eigenvalue weighted by Crippen LogP contribution is 2.27. The molecule has 0 saturated heterocycles. The normalized spacial score (nSPS) is 10.6. The lowest BCUT2D eigenvalue weighted by Gasteiger charge is -2.11. The molecule has 2 aromatic heterocycles. The van der Waals surface area contributed by atoms with Crippen LogP contribution < -0.4 is 20.3 Å². The fraction of sp³-hybridized carbons (Fsp3) is 0.100. The van der Waals surface area contributed by atoms with Crippen LogP contribution in [0.15, 0.2) is 55.0 Å². The first kappa shape index (κ1) is 19.5. The highest BCUT2D eigenvalue weighted by Gasteiger charge is 2.14. The summed E-state index contributed by atoms with van der Waals surface area (Å²) in [5.41, 5.74) is 7.16. The number of amides is 1. The Morgan fingerprint density at radius 1 is 1.07 bits per heavy atom. The number of benzene rings is 2. The van der Waals surface area contributed by atoms with Gasteiger partial charge in [0, 0.05) is 10.6 Å². The fourth-order valence-electron chi connectivity index (χ4n) is 2.91. The lowest BCUT2D eigenvalue weighted by Crippen LogP contribution is -2.30. The maximum absolute atomic E-state index is 12.5. The van der Waals surface area contributed by atoms with Gasteiger partial charge in [-0.15, -0.1) is 0 Å². The predicted octanol–water partition coefficient (Wildman–Crippen LogP) is 3.24. The van der Waals surface area contributed by atoms with Crippen LogP contribution in [0.3, 0.4) is 0 Å². The van der Waals surface area contributed by atoms with E-state index in [2.05, 4.69) is 25.9 Å². The molecule has 0 spiro atoms. The first-order chi connectivity index (χ1) is 14.6. The minimum atomic E-state index is -0.370. The molecule has 4 aromatic rings. The Morgan fingerprint density at radius 2 is 1.90 bits per heavy atom. The number of nitrogens with one attached hydrogen (secondary N) is 2. The van der Waals surface area contributed by atoms with Crippen LogP contribution in [0.4, 0.5) is 5.82 Å². The Balaban J connectivity index is 1.57. The predicted molar refractivity (Wildman–Crippen MR) is 112 cm³/mol. The number of carbonyl (C=O) groups is 1. The van der Waals surface area contributed by atoms with Gasteiger partial charge in [0.15, 0.2) is 23.0 Å². The Morgan fingerprint density at radius 3 is 2.67 bits per heavy atom. The topological polar surface area (TPSA) is 103 Å². The number of halogens is 1. The molecule has 2 heterocycles. The summed E-state index contributed by atoms with van der Waals surface area (Å²) in [6, 6.07) is 12.1. The van der Waals surface area contributed by atoms with Crippen molar-refractivity contribution in [3.63, 3.8) is 0 Å². The SMILES string of the molecule is COc1ccc(C(=O)NNc2ncnc3c2cnn3-c2cccc(Cl)c2)cc1OC. The largest absolute Gasteiger partial charge is 0.493 e. The third kappa shape index (κ3) is 3.70. The summed E-state index contributed by atoms with van der Waals surface area (Å²) in [6.07, 6.45) is 3.00. The third-order valence-corrected chi connectivity index (χ3v) is 4.59. The van der Waals surface area contributed by atoms with Gasteiger partial charge in [-0.3, -0.25) is 15.6 Å². The van der Waals surface area contributed by atoms with Gasteiger partial charge in [-0.2, -0.15) is 5.10 Å². The van der Waals surface area contributed by atoms with Gasteiger partial charge >= 0.3 is 0 Å². The fourth-order valence-corrected chi connectivity index (χ4v) is 3.09. The number of hydrogen-bond acceptors (Lipinski definition) is 7. The molecule has 1 amide bonds. The molecular weight excluding hydrogens is 408 g/mol. The van der Waals surface area contributed by atoms with Crippen molar-refractivity contribution in [2.45, 2.75) is 0 Å². The number of aromatic nitrogens is 4. The van der Waals surface area contributed by atoms with E-state index in [0.29, 0.717) is 38.9 Å². The summed E-state index contributed by atoms with van der Waals surface area (Å²) in [6.45, 7) is 0. The van der Waals surface area contributed by atoms with Gasteiger partial charge in [-0.25, -0.2) is 14.6 Å². The van der Waals surface area contributed by atoms with Gasteiger partial charge < -0.3 is 9.47 Å². The van der Waals surface area contributed by atoms with Crippen molar-refractivity contribution < 1.29 is 14.3 Å². The number of ether oxygens (including phenoxy) is 2. The van der Waals surface area contributed by atoms with Crippen molar-refractivity contribution >= 4 is 34.4 Å². The highest BCUT2D eigenvalue weighted by atomic mass is 35.5. The zero-order chi connectivity index (χ0) is 21.1. The smallest absolute Gasteiger partial charge is 0.269 e. The summed E-state index contributed by atoms with van der Waals surface area (Å²) in [4.78, 5) is 21.0. The molecule has 0 bridgehead atoms. The second kappa shape index (κ2) is 8.26. The van der Waals surface area contributed by atoms with Gasteiger partial charge in [0.05, 0.1) is 31.5 Å². The molecule has 4 rings (SSSR count). The van der Waals surface area contributed by atoms with Crippen molar-refractivity contribution in [3.05, 3.63) is 65.6 Å². The highest BCUT2D eigenvalue weighted by molar-refractivity contribution is 6.30. The summed E-state index contributed by atoms with van der Waals surface area (Å²) >= 11 is 6.08. The number of hydrazine groups is 1. The molecule has 10 heteroatoms. The molecule has 152 valence electrons. The van der Waals surface area contributed by atoms with E-state index in [1.165, 1.54) is 20.5 Å². The monoisotopic (exact) mass is 424 g/mol. The van der Waals surface area contributed by atoms with Crippen LogP contribution in [0.2, 0.25) is 5.02 Å². The number of methoxy groups -OCH3 is 2. The van der Waals surface area contributed by atoms with Gasteiger partial charge in [-0.1, -0.05) is 17.7 Å². The molecule has 0 unspecified atom stereocenters. The quantitative estimate of drug-likeness (QED) is 0.458. The first-order valence-electron chi connectivity index (χ1n) is 8.83. The van der Waals surface area contributed by atoms with E-state index in [1.807, 2.05) is 12.1 Å². The van der Waals surface area contributed by atoms with E-state index < -0.39 is 0 Å². The Labute approximate surface area is 176 Å². The lowest BCUT2D eigenvalue weighted by atomic mass is 10.2. The molecule has 30 heavy (non-hydrogen) atoms. The van der Waals surface area contributed by atoms with Crippen LogP contribution >= 0.6 is 11.6 Å². The molecule has 0 saturated carbocycles. The minimum Gasteiger partial charge on any atom is -0.493 e. The van der Waals surface area contributed by atoms with Crippen LogP contribution in [0, 0.1) is 0 Å². The summed E-state index contributed by atoms with van der Waals surface area (Å²) in [5, 5.41) is 5.59. The second-order valence-electron chi connectivity index (χ2n) is 6.14. The first-order valence-corrected chi connectivity index (χ1v) is 9.21. The number of fused-ring (bicyclic) bond motifs is 1. The van der Waals surface area contributed by atoms with Crippen molar-refractivity contribution in [3.8, 4) is 17.2 Å². The number of hydrogen-bond donors (Lipinski definition) is 2. The lowest BCUT2D eigenvalue weighted by molar-refractivity contribution is 0.0962. The Bertz CT molecular complexity index is 1230. The van der Waals surface area contributed by atoms with E-state index in [-0.39, 0.29) is 5.91 Å². The molecule has 0 aliphatic heterocycles. The van der Waals surface area contributed by atoms with Gasteiger partial charge in [0.25, 0.3) is 5.91 Å². The maximum atomic E-state index is 12.5. The van der Waals surface area contributed by atoms with Crippen LogP contribution in [0.1, 0.15) is 10.4 Å². The average Bonchev–Trinajstić information content (AvgIpc) is 3.21. The molecule has 0 radical (unpaired) electrons. The second-order valence-corrected chi connectivity index (χ2v) is 6.58. The van der Waals surface area contributed by atoms with Crippen LogP contribution in [0.5, 0.6) is 11.5 Å². The number of carbonyl (C=O) groups excluding carboxylic acids is 1. The minimum absolute atomic E-state index is 0.370. The summed E-state index contributed by atoms with van der Waals surface area (Å²) in [5.74, 6) is 1.03. The van der Waals surface area contributed by atoms with E-state index >= 15 is 0 Å². The number of anilines is 1. The van der Waals surface area contributed by atoms with Crippen molar-refractivity contribution in [1.29, 1.82) is 0 Å². The maximum Gasteiger partial charge on any atom is 0.269 e. The average molecular weight is 425 g/mol. The molecule has 2 N–H and O–H groups in total. The zero-order valence-electron chi connectivity index (χ0n) is 16.1. The van der Waals surface area contributed by atoms with E-state index in [1.54, 1.807) is 41.2 Å². The number of nitrogens with zero attached hydrogens (tertiary/aromatic N) is 4. The standard InChI is InChI=1S/C20H17ClN6O3/c1-29-16-7-6-12(8-17(16)30-2)20(28)26-25-18-15-10-24-27(19(15)23-11-22-18)14-5-3-4-13(21)9-14/h3-11H,1-2H3,(H,26,28)(H,22,23,25). The Hall–Kier alpha value is -3.85. The van der Waals surface area contributed by atoms with Crippen molar-refractivity contribution in [2.75, 3.05) is 19.6 Å². The molecule has 0 aliphatic carbocycles. The summed E-state index contributed by atoms with van der Waals surface area (Å²) < 4.78 is 12.1. The molecule has 0 fully saturated rings. The van der Waals surface area contributed by atoms with Crippen molar-refractivity contribution in [1.82, 2.24) is 25.2 Å². The number of rotatable bonds is 6. The van der Waals surface area contributed by atoms with Gasteiger partial charge in [0.1, 0.15) is 6.33 Å². The molecule has 0 aliphatic rings. The molecule has 9 nitrogen and oxygen atoms in total. The molecule has 0 atom stereocenters.